The molecule has 1 aromatic heterocycles. The molecule has 1 amide bonds. The van der Waals surface area contributed by atoms with Crippen molar-refractivity contribution in [2.75, 3.05) is 18.4 Å². The summed E-state index contributed by atoms with van der Waals surface area (Å²) in [5.74, 6) is -0.890. The van der Waals surface area contributed by atoms with Gasteiger partial charge in [0, 0.05) is 6.07 Å². The summed E-state index contributed by atoms with van der Waals surface area (Å²) in [6.07, 6.45) is 1.38. The van der Waals surface area contributed by atoms with Gasteiger partial charge < -0.3 is 9.63 Å². The van der Waals surface area contributed by atoms with Crippen molar-refractivity contribution in [2.45, 2.75) is 25.8 Å². The zero-order valence-electron chi connectivity index (χ0n) is 10.5. The van der Waals surface area contributed by atoms with E-state index in [1.165, 1.54) is 0 Å². The van der Waals surface area contributed by atoms with Gasteiger partial charge in [-0.05, 0) is 26.3 Å². The molecule has 1 aliphatic heterocycles. The number of carbonyl (C=O) groups excluding carboxylic acids is 1. The molecule has 1 fully saturated rings. The number of aryl methyl sites for hydroxylation is 1. The molecule has 106 valence electrons. The van der Waals surface area contributed by atoms with Crippen molar-refractivity contribution in [3.8, 4) is 0 Å². The Hall–Kier alpha value is -1.60. The van der Waals surface area contributed by atoms with Crippen LogP contribution in [0, 0.1) is 6.92 Å². The standard InChI is InChI=1S/C11H15N3O4.ClH/c1-7-5-10(18-13-7)12-9(15)6-14-4-2-3-8(14)11(16)17;/h5,8H,2-4,6H2,1H3,(H,12,15)(H,16,17);1H/t8-;/m0./s1. The van der Waals surface area contributed by atoms with Crippen LogP contribution in [0.5, 0.6) is 0 Å². The Labute approximate surface area is 116 Å². The van der Waals surface area contributed by atoms with E-state index >= 15 is 0 Å². The van der Waals surface area contributed by atoms with Crippen LogP contribution in [-0.4, -0.2) is 46.2 Å². The topological polar surface area (TPSA) is 95.7 Å². The van der Waals surface area contributed by atoms with Gasteiger partial charge in [-0.2, -0.15) is 0 Å². The highest BCUT2D eigenvalue weighted by Crippen LogP contribution is 2.17. The van der Waals surface area contributed by atoms with Crippen LogP contribution in [0.15, 0.2) is 10.6 Å². The number of amides is 1. The van der Waals surface area contributed by atoms with Gasteiger partial charge in [0.25, 0.3) is 0 Å². The van der Waals surface area contributed by atoms with Gasteiger partial charge in [0.15, 0.2) is 0 Å². The Morgan fingerprint density at radius 3 is 2.95 bits per heavy atom. The maximum Gasteiger partial charge on any atom is 0.320 e. The van der Waals surface area contributed by atoms with E-state index < -0.39 is 12.0 Å². The molecule has 7 nitrogen and oxygen atoms in total. The maximum atomic E-state index is 11.7. The number of anilines is 1. The third kappa shape index (κ3) is 3.93. The van der Waals surface area contributed by atoms with E-state index in [1.54, 1.807) is 17.9 Å². The predicted octanol–water partition coefficient (Wildman–Crippen LogP) is 0.892. The molecule has 0 saturated carbocycles. The van der Waals surface area contributed by atoms with Gasteiger partial charge in [-0.15, -0.1) is 12.4 Å². The fourth-order valence-corrected chi connectivity index (χ4v) is 2.08. The fourth-order valence-electron chi connectivity index (χ4n) is 2.08. The summed E-state index contributed by atoms with van der Waals surface area (Å²) >= 11 is 0. The molecule has 0 unspecified atom stereocenters. The minimum atomic E-state index is -0.879. The van der Waals surface area contributed by atoms with E-state index in [-0.39, 0.29) is 30.7 Å². The number of carboxylic acids is 1. The molecule has 1 aliphatic rings. The van der Waals surface area contributed by atoms with Gasteiger partial charge in [0.1, 0.15) is 6.04 Å². The number of hydrogen-bond acceptors (Lipinski definition) is 5. The first-order valence-corrected chi connectivity index (χ1v) is 5.76. The minimum absolute atomic E-state index is 0. The van der Waals surface area contributed by atoms with Crippen LogP contribution < -0.4 is 5.32 Å². The van der Waals surface area contributed by atoms with Crippen LogP contribution in [-0.2, 0) is 9.59 Å². The van der Waals surface area contributed by atoms with Gasteiger partial charge in [0.2, 0.25) is 11.8 Å². The smallest absolute Gasteiger partial charge is 0.320 e. The van der Waals surface area contributed by atoms with Crippen LogP contribution in [0.25, 0.3) is 0 Å². The lowest BCUT2D eigenvalue weighted by Gasteiger charge is -2.19. The average Bonchev–Trinajstić information content (AvgIpc) is 2.87. The van der Waals surface area contributed by atoms with Crippen LogP contribution in [0.1, 0.15) is 18.5 Å². The molecular formula is C11H16ClN3O4. The molecule has 0 bridgehead atoms. The number of rotatable bonds is 4. The SMILES string of the molecule is Cc1cc(NC(=O)CN2CCC[C@H]2C(=O)O)on1.Cl. The number of aliphatic carboxylic acids is 1. The Bertz CT molecular complexity index is 463. The molecule has 2 heterocycles. The average molecular weight is 290 g/mol. The van der Waals surface area contributed by atoms with Crippen molar-refractivity contribution < 1.29 is 19.2 Å². The Morgan fingerprint density at radius 2 is 2.37 bits per heavy atom. The van der Waals surface area contributed by atoms with E-state index in [0.717, 1.165) is 6.42 Å². The number of nitrogens with one attached hydrogen (secondary N) is 1. The van der Waals surface area contributed by atoms with Crippen molar-refractivity contribution in [1.29, 1.82) is 0 Å². The van der Waals surface area contributed by atoms with Crippen molar-refractivity contribution in [3.05, 3.63) is 11.8 Å². The lowest BCUT2D eigenvalue weighted by Crippen LogP contribution is -2.40. The zero-order chi connectivity index (χ0) is 13.1. The third-order valence-corrected chi connectivity index (χ3v) is 2.89. The Morgan fingerprint density at radius 1 is 1.63 bits per heavy atom. The molecule has 1 saturated heterocycles. The molecule has 0 aromatic carbocycles. The van der Waals surface area contributed by atoms with Crippen LogP contribution >= 0.6 is 12.4 Å². The minimum Gasteiger partial charge on any atom is -0.480 e. The van der Waals surface area contributed by atoms with Crippen molar-refractivity contribution >= 4 is 30.2 Å². The number of halogens is 1. The van der Waals surface area contributed by atoms with Gasteiger partial charge in [-0.3, -0.25) is 19.8 Å². The first-order valence-electron chi connectivity index (χ1n) is 5.76. The van der Waals surface area contributed by atoms with Gasteiger partial charge in [-0.25, -0.2) is 0 Å². The van der Waals surface area contributed by atoms with Crippen LogP contribution in [0.4, 0.5) is 5.88 Å². The third-order valence-electron chi connectivity index (χ3n) is 2.89. The summed E-state index contributed by atoms with van der Waals surface area (Å²) in [5, 5.41) is 15.2. The second kappa shape index (κ2) is 6.53. The van der Waals surface area contributed by atoms with E-state index in [1.807, 2.05) is 0 Å². The molecule has 8 heteroatoms. The van der Waals surface area contributed by atoms with Gasteiger partial charge >= 0.3 is 5.97 Å². The number of carbonyl (C=O) groups is 2. The Kier molecular flexibility index (Phi) is 5.31. The van der Waals surface area contributed by atoms with Crippen LogP contribution in [0.3, 0.4) is 0 Å². The van der Waals surface area contributed by atoms with E-state index in [2.05, 4.69) is 10.5 Å². The van der Waals surface area contributed by atoms with Crippen molar-refractivity contribution in [2.24, 2.45) is 0 Å². The lowest BCUT2D eigenvalue weighted by molar-refractivity contribution is -0.142. The molecule has 0 aliphatic carbocycles. The quantitative estimate of drug-likeness (QED) is 0.855. The maximum absolute atomic E-state index is 11.7. The van der Waals surface area contributed by atoms with Crippen molar-refractivity contribution in [3.63, 3.8) is 0 Å². The highest BCUT2D eigenvalue weighted by atomic mass is 35.5. The number of aromatic nitrogens is 1. The molecule has 0 spiro atoms. The summed E-state index contributed by atoms with van der Waals surface area (Å²) in [6.45, 7) is 2.43. The first kappa shape index (κ1) is 15.5. The summed E-state index contributed by atoms with van der Waals surface area (Å²) in [4.78, 5) is 24.3. The molecule has 2 rings (SSSR count). The number of carboxylic acid groups (broad SMARTS) is 1. The predicted molar refractivity (Wildman–Crippen MR) is 69.3 cm³/mol. The summed E-state index contributed by atoms with van der Waals surface area (Å²) in [7, 11) is 0. The Balaban J connectivity index is 0.00000180. The first-order chi connectivity index (χ1) is 8.56. The summed E-state index contributed by atoms with van der Waals surface area (Å²) in [6, 6.07) is 1.04. The summed E-state index contributed by atoms with van der Waals surface area (Å²) < 4.78 is 4.86. The molecular weight excluding hydrogens is 274 g/mol. The normalized spacial score (nSPS) is 18.9. The monoisotopic (exact) mass is 289 g/mol. The van der Waals surface area contributed by atoms with E-state index in [0.29, 0.717) is 18.7 Å². The molecule has 19 heavy (non-hydrogen) atoms. The second-order valence-corrected chi connectivity index (χ2v) is 4.35. The summed E-state index contributed by atoms with van der Waals surface area (Å²) in [5.41, 5.74) is 0.676. The second-order valence-electron chi connectivity index (χ2n) is 4.35. The van der Waals surface area contributed by atoms with Gasteiger partial charge in [-0.1, -0.05) is 5.16 Å². The van der Waals surface area contributed by atoms with E-state index in [4.69, 9.17) is 9.63 Å². The van der Waals surface area contributed by atoms with Crippen LogP contribution in [0.2, 0.25) is 0 Å². The molecule has 0 radical (unpaired) electrons. The number of likely N-dealkylation sites (tertiary alicyclic amines) is 1. The van der Waals surface area contributed by atoms with E-state index in [9.17, 15) is 9.59 Å². The lowest BCUT2D eigenvalue weighted by atomic mass is 10.2. The van der Waals surface area contributed by atoms with Crippen molar-refractivity contribution in [1.82, 2.24) is 10.1 Å². The molecule has 1 aromatic rings. The number of hydrogen-bond donors (Lipinski definition) is 2. The molecule has 1 atom stereocenters. The highest BCUT2D eigenvalue weighted by molar-refractivity contribution is 5.91. The van der Waals surface area contributed by atoms with Gasteiger partial charge in [0.05, 0.1) is 12.2 Å². The fraction of sp³-hybridized carbons (Fsp3) is 0.545. The largest absolute Gasteiger partial charge is 0.480 e. The number of nitrogens with zero attached hydrogens (tertiary/aromatic N) is 2. The zero-order valence-corrected chi connectivity index (χ0v) is 11.3. The molecule has 2 N–H and O–H groups in total. The highest BCUT2D eigenvalue weighted by Gasteiger charge is 2.31.